The van der Waals surface area contributed by atoms with Crippen molar-refractivity contribution in [3.63, 3.8) is 0 Å². The van der Waals surface area contributed by atoms with Crippen molar-refractivity contribution in [1.82, 2.24) is 0 Å². The summed E-state index contributed by atoms with van der Waals surface area (Å²) in [6, 6.07) is 0. The standard InChI is InChI=1S/C11H22N2OS2.C11H21NO2S2.C10H20N2O2S2/c12-5-1-2-10(9-15)3-4-11(8-14)16-7-6-13;1-2-8-15-10(3-6-13)11(4-7-14)16-9-5-12;11-2-5-15-9(1-4-13)7-10(8-14)16-6-3-12/h8-11H,1-7,12-13H2;6-7,10-11H,2-5,8-9,12H2,1H3;4,8-10H,1-3,5-7,11-12H2. The van der Waals surface area contributed by atoms with Crippen LogP contribution in [-0.2, 0) is 24.0 Å². The molecule has 0 aliphatic heterocycles. The molecule has 0 bridgehead atoms. The van der Waals surface area contributed by atoms with E-state index in [1.165, 1.54) is 0 Å². The second-order valence-corrected chi connectivity index (χ2v) is 17.5. The first-order valence-corrected chi connectivity index (χ1v) is 22.3. The van der Waals surface area contributed by atoms with Gasteiger partial charge in [-0.05, 0) is 62.1 Å². The molecule has 0 amide bonds. The van der Waals surface area contributed by atoms with Gasteiger partial charge >= 0.3 is 0 Å². The molecule has 0 rings (SSSR count). The van der Waals surface area contributed by atoms with Gasteiger partial charge in [0, 0.05) is 84.2 Å². The molecule has 6 atom stereocenters. The van der Waals surface area contributed by atoms with Gasteiger partial charge in [-0.2, -0.15) is 35.3 Å². The van der Waals surface area contributed by atoms with Crippen LogP contribution in [0, 0.1) is 5.92 Å². The third kappa shape index (κ3) is 34.4. The third-order valence-corrected chi connectivity index (χ3v) is 13.7. The van der Waals surface area contributed by atoms with Gasteiger partial charge in [0.1, 0.15) is 31.4 Å². The van der Waals surface area contributed by atoms with E-state index in [-0.39, 0.29) is 26.2 Å². The fourth-order valence-electron chi connectivity index (χ4n) is 4.00. The molecule has 0 fully saturated rings. The number of rotatable bonds is 33. The van der Waals surface area contributed by atoms with Crippen LogP contribution >= 0.6 is 71.0 Å². The summed E-state index contributed by atoms with van der Waals surface area (Å²) in [6.07, 6.45) is 12.0. The molecule has 10 N–H and O–H groups in total. The number of hydrogen-bond acceptors (Lipinski definition) is 16. The average Bonchev–Trinajstić information content (AvgIpc) is 3.11. The molecule has 0 saturated heterocycles. The van der Waals surface area contributed by atoms with Crippen molar-refractivity contribution >= 4 is 108 Å². The van der Waals surface area contributed by atoms with Crippen LogP contribution < -0.4 is 28.7 Å². The summed E-state index contributed by atoms with van der Waals surface area (Å²) in [5, 5.41) is 2.49. The first-order valence-electron chi connectivity index (χ1n) is 16.6. The Labute approximate surface area is 317 Å². The summed E-state index contributed by atoms with van der Waals surface area (Å²) >= 11 is 13.3. The normalized spacial score (nSPS) is 14.4. The highest BCUT2D eigenvalue weighted by Crippen LogP contribution is 2.29. The third-order valence-electron chi connectivity index (χ3n) is 6.38. The summed E-state index contributed by atoms with van der Waals surface area (Å²) in [4.78, 5) is 53.4. The first-order chi connectivity index (χ1) is 23.4. The van der Waals surface area contributed by atoms with E-state index in [9.17, 15) is 24.0 Å². The molecular weight excluding hydrogens is 727 g/mol. The maximum Gasteiger partial charge on any atom is 0.132 e. The highest BCUT2D eigenvalue weighted by Gasteiger charge is 2.21. The number of hydrogen-bond donors (Lipinski definition) is 5. The van der Waals surface area contributed by atoms with Gasteiger partial charge in [0.15, 0.2) is 0 Å². The Morgan fingerprint density at radius 3 is 1.48 bits per heavy atom. The number of carbonyl (C=O) groups is 5. The molecule has 0 radical (unpaired) electrons. The molecule has 16 heteroatoms. The van der Waals surface area contributed by atoms with E-state index >= 15 is 0 Å². The zero-order chi connectivity index (χ0) is 36.7. The molecule has 10 nitrogen and oxygen atoms in total. The van der Waals surface area contributed by atoms with Crippen LogP contribution in [0.1, 0.15) is 64.7 Å². The zero-order valence-corrected chi connectivity index (χ0v) is 33.6. The van der Waals surface area contributed by atoms with E-state index in [0.29, 0.717) is 57.9 Å². The zero-order valence-electron chi connectivity index (χ0n) is 28.7. The maximum atomic E-state index is 10.8. The summed E-state index contributed by atoms with van der Waals surface area (Å²) in [5.74, 6) is 4.75. The van der Waals surface area contributed by atoms with Crippen molar-refractivity contribution in [2.75, 3.05) is 61.5 Å². The van der Waals surface area contributed by atoms with Gasteiger partial charge in [-0.25, -0.2) is 0 Å². The molecule has 0 aromatic rings. The van der Waals surface area contributed by atoms with E-state index in [1.54, 1.807) is 58.8 Å². The lowest BCUT2D eigenvalue weighted by Gasteiger charge is -2.23. The molecule has 0 aromatic carbocycles. The molecule has 0 heterocycles. The second-order valence-electron chi connectivity index (χ2n) is 10.4. The average molecular weight is 790 g/mol. The molecule has 6 unspecified atom stereocenters. The van der Waals surface area contributed by atoms with Gasteiger partial charge in [0.2, 0.25) is 0 Å². The van der Waals surface area contributed by atoms with Gasteiger partial charge in [-0.1, -0.05) is 19.1 Å². The van der Waals surface area contributed by atoms with Crippen LogP contribution in [0.4, 0.5) is 0 Å². The Morgan fingerprint density at radius 2 is 1.04 bits per heavy atom. The van der Waals surface area contributed by atoms with Crippen LogP contribution in [-0.4, -0.2) is 125 Å². The van der Waals surface area contributed by atoms with Crippen molar-refractivity contribution in [2.24, 2.45) is 34.6 Å². The van der Waals surface area contributed by atoms with Gasteiger partial charge < -0.3 is 52.6 Å². The second kappa shape index (κ2) is 43.2. The fourth-order valence-corrected chi connectivity index (χ4v) is 9.65. The molecule has 48 heavy (non-hydrogen) atoms. The van der Waals surface area contributed by atoms with E-state index in [4.69, 9.17) is 40.9 Å². The topological polar surface area (TPSA) is 215 Å². The largest absolute Gasteiger partial charge is 0.330 e. The maximum absolute atomic E-state index is 10.8. The van der Waals surface area contributed by atoms with E-state index < -0.39 is 0 Å². The fraction of sp³-hybridized carbons (Fsp3) is 0.812. The number of thiocarbonyl (C=S) groups is 1. The molecule has 0 aliphatic carbocycles. The van der Waals surface area contributed by atoms with Gasteiger partial charge in [0.05, 0.1) is 10.5 Å². The number of nitrogens with two attached hydrogens (primary N) is 5. The molecule has 0 aromatic heterocycles. The highest BCUT2D eigenvalue weighted by molar-refractivity contribution is 8.03. The summed E-state index contributed by atoms with van der Waals surface area (Å²) in [5.41, 5.74) is 27.1. The predicted molar refractivity (Wildman–Crippen MR) is 221 cm³/mol. The molecule has 282 valence electrons. The molecule has 0 spiro atoms. The van der Waals surface area contributed by atoms with Crippen molar-refractivity contribution in [3.05, 3.63) is 0 Å². The minimum atomic E-state index is -0.0567. The van der Waals surface area contributed by atoms with Crippen LogP contribution in [0.25, 0.3) is 0 Å². The van der Waals surface area contributed by atoms with Crippen LogP contribution in [0.15, 0.2) is 0 Å². The lowest BCUT2D eigenvalue weighted by atomic mass is 9.99. The SMILES string of the molecule is CCCSC(CC=O)C(CC=O)SCCN.NCCCC(C=S)CCC(C=O)SCCN.NCCSC(C=O)CC(CC=O)SCCN. The lowest BCUT2D eigenvalue weighted by molar-refractivity contribution is -0.109. The monoisotopic (exact) mass is 789 g/mol. The number of carbonyl (C=O) groups excluding carboxylic acids is 5. The van der Waals surface area contributed by atoms with Crippen molar-refractivity contribution in [2.45, 2.75) is 91.0 Å². The van der Waals surface area contributed by atoms with E-state index in [2.05, 4.69) is 6.92 Å². The summed E-state index contributed by atoms with van der Waals surface area (Å²) in [7, 11) is 0. The van der Waals surface area contributed by atoms with E-state index in [1.807, 2.05) is 5.37 Å². The smallest absolute Gasteiger partial charge is 0.132 e. The van der Waals surface area contributed by atoms with Gasteiger partial charge in [0.25, 0.3) is 0 Å². The van der Waals surface area contributed by atoms with E-state index in [0.717, 1.165) is 98.7 Å². The van der Waals surface area contributed by atoms with Crippen LogP contribution in [0.3, 0.4) is 0 Å². The predicted octanol–water partition coefficient (Wildman–Crippen LogP) is 3.40. The van der Waals surface area contributed by atoms with Crippen LogP contribution in [0.2, 0.25) is 0 Å². The Hall–Kier alpha value is -0.0100. The number of aldehydes is 5. The molecular formula is C32H63N5O5S6. The summed E-state index contributed by atoms with van der Waals surface area (Å²) < 4.78 is 0. The molecule has 0 saturated carbocycles. The van der Waals surface area contributed by atoms with Gasteiger partial charge in [-0.15, -0.1) is 23.5 Å². The molecule has 0 aliphatic rings. The van der Waals surface area contributed by atoms with Crippen molar-refractivity contribution in [3.8, 4) is 0 Å². The van der Waals surface area contributed by atoms with Gasteiger partial charge in [-0.3, -0.25) is 0 Å². The Balaban J connectivity index is -0.000000633. The minimum absolute atomic E-state index is 0.0567. The minimum Gasteiger partial charge on any atom is -0.330 e. The quantitative estimate of drug-likeness (QED) is 0.0476. The summed E-state index contributed by atoms with van der Waals surface area (Å²) in [6.45, 7) is 5.24. The number of thioether (sulfide) groups is 5. The van der Waals surface area contributed by atoms with Crippen LogP contribution in [0.5, 0.6) is 0 Å². The Bertz CT molecular complexity index is 726. The Morgan fingerprint density at radius 1 is 0.562 bits per heavy atom. The first kappa shape index (κ1) is 52.4. The van der Waals surface area contributed by atoms with Crippen molar-refractivity contribution in [1.29, 1.82) is 0 Å². The van der Waals surface area contributed by atoms with Crippen molar-refractivity contribution < 1.29 is 24.0 Å². The highest BCUT2D eigenvalue weighted by atomic mass is 32.2. The Kier molecular flexibility index (Phi) is 47.1. The lowest BCUT2D eigenvalue weighted by Crippen LogP contribution is -2.23.